The summed E-state index contributed by atoms with van der Waals surface area (Å²) in [5.41, 5.74) is 1.97. The van der Waals surface area contributed by atoms with Crippen LogP contribution in [0.1, 0.15) is 5.56 Å². The van der Waals surface area contributed by atoms with Crippen molar-refractivity contribution in [2.24, 2.45) is 0 Å². The van der Waals surface area contributed by atoms with Gasteiger partial charge in [-0.25, -0.2) is 12.8 Å². The highest BCUT2D eigenvalue weighted by molar-refractivity contribution is 7.92. The van der Waals surface area contributed by atoms with Crippen LogP contribution in [-0.2, 0) is 26.1 Å². The average molecular weight is 542 g/mol. The third-order valence-corrected chi connectivity index (χ3v) is 8.06. The summed E-state index contributed by atoms with van der Waals surface area (Å²) < 4.78 is 58.6. The molecule has 0 bridgehead atoms. The molecule has 0 aromatic heterocycles. The number of rotatable bonds is 8. The number of nitrogens with zero attached hydrogens (tertiary/aromatic N) is 2. The SMILES string of the molecule is O=C(CN(c1cccc(F)c1)S(=O)(=O)c1ccc2c(c1)OCCO2)NCc1ccc(N2CCOCC2)cc1. The smallest absolute Gasteiger partial charge is 0.264 e. The molecule has 0 spiro atoms. The maximum atomic E-state index is 14.0. The minimum atomic E-state index is -4.25. The lowest BCUT2D eigenvalue weighted by molar-refractivity contribution is -0.119. The molecule has 3 aromatic rings. The molecule has 0 atom stereocenters. The van der Waals surface area contributed by atoms with Crippen molar-refractivity contribution in [3.8, 4) is 11.5 Å². The summed E-state index contributed by atoms with van der Waals surface area (Å²) in [7, 11) is -4.25. The van der Waals surface area contributed by atoms with E-state index in [1.54, 1.807) is 0 Å². The van der Waals surface area contributed by atoms with Gasteiger partial charge in [-0.05, 0) is 48.0 Å². The van der Waals surface area contributed by atoms with Gasteiger partial charge in [0.1, 0.15) is 25.6 Å². The summed E-state index contributed by atoms with van der Waals surface area (Å²) >= 11 is 0. The fraction of sp³-hybridized carbons (Fsp3) is 0.296. The normalized spacial score (nSPS) is 15.1. The van der Waals surface area contributed by atoms with Crippen molar-refractivity contribution < 1.29 is 31.8 Å². The van der Waals surface area contributed by atoms with Crippen LogP contribution in [0, 0.1) is 5.82 Å². The Morgan fingerprint density at radius 3 is 2.39 bits per heavy atom. The van der Waals surface area contributed by atoms with Gasteiger partial charge in [0.15, 0.2) is 11.5 Å². The van der Waals surface area contributed by atoms with Gasteiger partial charge in [0.25, 0.3) is 10.0 Å². The summed E-state index contributed by atoms with van der Waals surface area (Å²) in [6, 6.07) is 17.2. The molecule has 2 aliphatic rings. The topological polar surface area (TPSA) is 97.4 Å². The maximum absolute atomic E-state index is 14.0. The molecule has 1 amide bonds. The molecule has 0 radical (unpaired) electrons. The largest absolute Gasteiger partial charge is 0.486 e. The number of ether oxygens (including phenoxy) is 3. The number of nitrogens with one attached hydrogen (secondary N) is 1. The van der Waals surface area contributed by atoms with Crippen LogP contribution in [0.3, 0.4) is 0 Å². The van der Waals surface area contributed by atoms with Gasteiger partial charge in [-0.2, -0.15) is 0 Å². The lowest BCUT2D eigenvalue weighted by Gasteiger charge is -2.29. The summed E-state index contributed by atoms with van der Waals surface area (Å²) in [4.78, 5) is 15.1. The number of hydrogen-bond acceptors (Lipinski definition) is 7. The molecule has 38 heavy (non-hydrogen) atoms. The van der Waals surface area contributed by atoms with Crippen LogP contribution in [0.5, 0.6) is 11.5 Å². The van der Waals surface area contributed by atoms with E-state index in [1.165, 1.54) is 36.4 Å². The predicted molar refractivity (Wildman–Crippen MR) is 140 cm³/mol. The second-order valence-electron chi connectivity index (χ2n) is 8.84. The number of benzene rings is 3. The Kier molecular flexibility index (Phi) is 7.66. The van der Waals surface area contributed by atoms with Gasteiger partial charge >= 0.3 is 0 Å². The third kappa shape index (κ3) is 5.84. The van der Waals surface area contributed by atoms with Crippen molar-refractivity contribution in [3.63, 3.8) is 0 Å². The number of anilines is 2. The van der Waals surface area contributed by atoms with Crippen LogP contribution in [0.15, 0.2) is 71.6 Å². The molecule has 1 saturated heterocycles. The average Bonchev–Trinajstić information content (AvgIpc) is 2.95. The number of halogens is 1. The highest BCUT2D eigenvalue weighted by atomic mass is 32.2. The molecule has 0 unspecified atom stereocenters. The van der Waals surface area contributed by atoms with E-state index in [0.717, 1.165) is 34.7 Å². The van der Waals surface area contributed by atoms with Gasteiger partial charge < -0.3 is 24.4 Å². The van der Waals surface area contributed by atoms with Gasteiger partial charge in [-0.3, -0.25) is 9.10 Å². The number of hydrogen-bond donors (Lipinski definition) is 1. The summed E-state index contributed by atoms with van der Waals surface area (Å²) in [6.45, 7) is 3.36. The summed E-state index contributed by atoms with van der Waals surface area (Å²) in [6.07, 6.45) is 0. The van der Waals surface area contributed by atoms with Crippen LogP contribution in [-0.4, -0.2) is 60.4 Å². The van der Waals surface area contributed by atoms with Crippen LogP contribution < -0.4 is 24.0 Å². The Hall–Kier alpha value is -3.83. The van der Waals surface area contributed by atoms with Crippen molar-refractivity contribution in [3.05, 3.63) is 78.1 Å². The molecule has 1 fully saturated rings. The zero-order valence-electron chi connectivity index (χ0n) is 20.6. The van der Waals surface area contributed by atoms with Crippen molar-refractivity contribution in [2.75, 3.05) is 55.3 Å². The van der Waals surface area contributed by atoms with Crippen molar-refractivity contribution in [2.45, 2.75) is 11.4 Å². The summed E-state index contributed by atoms with van der Waals surface area (Å²) in [5, 5.41) is 2.77. The molecule has 3 aromatic carbocycles. The van der Waals surface area contributed by atoms with Gasteiger partial charge in [0.05, 0.1) is 23.8 Å². The Balaban J connectivity index is 1.31. The van der Waals surface area contributed by atoms with Crippen LogP contribution in [0.2, 0.25) is 0 Å². The fourth-order valence-corrected chi connectivity index (χ4v) is 5.72. The Bertz CT molecular complexity index is 1390. The number of carbonyl (C=O) groups is 1. The Morgan fingerprint density at radius 2 is 1.66 bits per heavy atom. The van der Waals surface area contributed by atoms with Gasteiger partial charge in [0, 0.05) is 31.4 Å². The highest BCUT2D eigenvalue weighted by Gasteiger charge is 2.29. The first kappa shape index (κ1) is 25.8. The molecule has 2 heterocycles. The number of amides is 1. The number of carbonyl (C=O) groups excluding carboxylic acids is 1. The molecule has 5 rings (SSSR count). The van der Waals surface area contributed by atoms with Crippen molar-refractivity contribution >= 4 is 27.3 Å². The molecule has 0 aliphatic carbocycles. The first-order chi connectivity index (χ1) is 18.4. The molecule has 11 heteroatoms. The van der Waals surface area contributed by atoms with Gasteiger partial charge in [-0.15, -0.1) is 0 Å². The molecule has 200 valence electrons. The van der Waals surface area contributed by atoms with E-state index in [4.69, 9.17) is 14.2 Å². The lowest BCUT2D eigenvalue weighted by Crippen LogP contribution is -2.40. The minimum absolute atomic E-state index is 0.0323. The first-order valence-electron chi connectivity index (χ1n) is 12.3. The van der Waals surface area contributed by atoms with E-state index >= 15 is 0 Å². The zero-order chi connectivity index (χ0) is 26.5. The van der Waals surface area contributed by atoms with Crippen LogP contribution in [0.25, 0.3) is 0 Å². The molecule has 1 N–H and O–H groups in total. The fourth-order valence-electron chi connectivity index (χ4n) is 4.29. The Labute approximate surface area is 220 Å². The monoisotopic (exact) mass is 541 g/mol. The lowest BCUT2D eigenvalue weighted by atomic mass is 10.2. The molecular formula is C27H28FN3O6S. The second-order valence-corrected chi connectivity index (χ2v) is 10.7. The molecule has 9 nitrogen and oxygen atoms in total. The summed E-state index contributed by atoms with van der Waals surface area (Å²) in [5.74, 6) is -0.426. The maximum Gasteiger partial charge on any atom is 0.264 e. The van der Waals surface area contributed by atoms with E-state index in [0.29, 0.717) is 37.9 Å². The second kappa shape index (κ2) is 11.3. The quantitative estimate of drug-likeness (QED) is 0.468. The zero-order valence-corrected chi connectivity index (χ0v) is 21.5. The van der Waals surface area contributed by atoms with E-state index < -0.39 is 28.3 Å². The van der Waals surface area contributed by atoms with E-state index in [1.807, 2.05) is 24.3 Å². The van der Waals surface area contributed by atoms with E-state index in [9.17, 15) is 17.6 Å². The molecular weight excluding hydrogens is 513 g/mol. The third-order valence-electron chi connectivity index (χ3n) is 6.29. The van der Waals surface area contributed by atoms with Gasteiger partial charge in [-0.1, -0.05) is 18.2 Å². The minimum Gasteiger partial charge on any atom is -0.486 e. The van der Waals surface area contributed by atoms with Crippen LogP contribution in [0.4, 0.5) is 15.8 Å². The predicted octanol–water partition coefficient (Wildman–Crippen LogP) is 2.95. The number of morpholine rings is 1. The standard InChI is InChI=1S/C27H28FN3O6S/c28-21-2-1-3-23(16-21)31(38(33,34)24-8-9-25-26(17-24)37-15-14-36-25)19-27(32)29-18-20-4-6-22(7-5-20)30-10-12-35-13-11-30/h1-9,16-17H,10-15,18-19H2,(H,29,32). The van der Waals surface area contributed by atoms with Gasteiger partial charge in [0.2, 0.25) is 5.91 Å². The number of sulfonamides is 1. The highest BCUT2D eigenvalue weighted by Crippen LogP contribution is 2.34. The van der Waals surface area contributed by atoms with E-state index in [2.05, 4.69) is 10.2 Å². The molecule has 0 saturated carbocycles. The van der Waals surface area contributed by atoms with E-state index in [-0.39, 0.29) is 17.1 Å². The number of fused-ring (bicyclic) bond motifs is 1. The Morgan fingerprint density at radius 1 is 0.921 bits per heavy atom. The van der Waals surface area contributed by atoms with Crippen molar-refractivity contribution in [1.82, 2.24) is 5.32 Å². The van der Waals surface area contributed by atoms with Crippen LogP contribution >= 0.6 is 0 Å². The first-order valence-corrected chi connectivity index (χ1v) is 13.7. The van der Waals surface area contributed by atoms with Crippen molar-refractivity contribution in [1.29, 1.82) is 0 Å². The molecule has 2 aliphatic heterocycles.